The van der Waals surface area contributed by atoms with Gasteiger partial charge >= 0.3 is 0 Å². The van der Waals surface area contributed by atoms with E-state index in [9.17, 15) is 9.18 Å². The summed E-state index contributed by atoms with van der Waals surface area (Å²) in [7, 11) is 1.94. The molecule has 0 saturated carbocycles. The zero-order valence-electron chi connectivity index (χ0n) is 17.3. The van der Waals surface area contributed by atoms with Crippen molar-refractivity contribution in [2.75, 3.05) is 13.1 Å². The summed E-state index contributed by atoms with van der Waals surface area (Å²) in [5.41, 5.74) is 4.18. The SMILES string of the molecule is Cc1nn(C)cc1CN1CCC(NC(=O)c2ccc(-c3cccc(F)c3)nc2)CC1. The number of halogens is 1. The van der Waals surface area contributed by atoms with Crippen molar-refractivity contribution in [2.24, 2.45) is 7.05 Å². The number of pyridine rings is 1. The Labute approximate surface area is 175 Å². The summed E-state index contributed by atoms with van der Waals surface area (Å²) in [6.45, 7) is 4.81. The van der Waals surface area contributed by atoms with Crippen LogP contribution >= 0.6 is 0 Å². The Morgan fingerprint density at radius 2 is 2.03 bits per heavy atom. The van der Waals surface area contributed by atoms with Gasteiger partial charge in [0.25, 0.3) is 5.91 Å². The van der Waals surface area contributed by atoms with Crippen LogP contribution in [0.1, 0.15) is 34.5 Å². The summed E-state index contributed by atoms with van der Waals surface area (Å²) in [5.74, 6) is -0.420. The van der Waals surface area contributed by atoms with E-state index in [2.05, 4.69) is 26.5 Å². The first-order valence-electron chi connectivity index (χ1n) is 10.2. The Balaban J connectivity index is 1.30. The van der Waals surface area contributed by atoms with Crippen molar-refractivity contribution in [1.82, 2.24) is 25.0 Å². The molecular formula is C23H26FN5O. The predicted molar refractivity (Wildman–Crippen MR) is 113 cm³/mol. The van der Waals surface area contributed by atoms with Crippen LogP contribution in [0.5, 0.6) is 0 Å². The highest BCUT2D eigenvalue weighted by Crippen LogP contribution is 2.19. The van der Waals surface area contributed by atoms with Crippen LogP contribution in [-0.4, -0.2) is 44.7 Å². The van der Waals surface area contributed by atoms with E-state index in [4.69, 9.17) is 0 Å². The summed E-state index contributed by atoms with van der Waals surface area (Å²) in [6, 6.07) is 9.93. The molecule has 1 fully saturated rings. The molecule has 1 aliphatic heterocycles. The molecule has 0 bridgehead atoms. The number of nitrogens with one attached hydrogen (secondary N) is 1. The van der Waals surface area contributed by atoms with Gasteiger partial charge in [0.2, 0.25) is 0 Å². The fraction of sp³-hybridized carbons (Fsp3) is 0.348. The number of amides is 1. The number of carbonyl (C=O) groups excluding carboxylic acids is 1. The minimum Gasteiger partial charge on any atom is -0.349 e. The highest BCUT2D eigenvalue weighted by Gasteiger charge is 2.22. The molecule has 1 aromatic carbocycles. The van der Waals surface area contributed by atoms with E-state index < -0.39 is 0 Å². The van der Waals surface area contributed by atoms with Crippen molar-refractivity contribution in [2.45, 2.75) is 32.4 Å². The summed E-state index contributed by atoms with van der Waals surface area (Å²) < 4.78 is 15.2. The second kappa shape index (κ2) is 8.75. The molecule has 0 radical (unpaired) electrons. The Kier molecular flexibility index (Phi) is 5.90. The van der Waals surface area contributed by atoms with E-state index in [1.165, 1.54) is 17.7 Å². The zero-order chi connectivity index (χ0) is 21.1. The highest BCUT2D eigenvalue weighted by atomic mass is 19.1. The molecule has 1 amide bonds. The number of aryl methyl sites for hydroxylation is 2. The van der Waals surface area contributed by atoms with Crippen LogP contribution in [0.2, 0.25) is 0 Å². The number of hydrogen-bond donors (Lipinski definition) is 1. The molecule has 1 N–H and O–H groups in total. The number of aromatic nitrogens is 3. The van der Waals surface area contributed by atoms with Crippen LogP contribution in [0.3, 0.4) is 0 Å². The second-order valence-electron chi connectivity index (χ2n) is 7.88. The lowest BCUT2D eigenvalue weighted by atomic mass is 10.0. The third-order valence-electron chi connectivity index (χ3n) is 5.58. The molecule has 0 aliphatic carbocycles. The molecule has 6 nitrogen and oxygen atoms in total. The summed E-state index contributed by atoms with van der Waals surface area (Å²) in [4.78, 5) is 19.3. The highest BCUT2D eigenvalue weighted by molar-refractivity contribution is 5.94. The van der Waals surface area contributed by atoms with Gasteiger partial charge in [-0.3, -0.25) is 19.4 Å². The van der Waals surface area contributed by atoms with E-state index in [0.717, 1.165) is 38.2 Å². The van der Waals surface area contributed by atoms with Crippen molar-refractivity contribution in [1.29, 1.82) is 0 Å². The van der Waals surface area contributed by atoms with E-state index in [1.807, 2.05) is 18.7 Å². The lowest BCUT2D eigenvalue weighted by Crippen LogP contribution is -2.44. The summed E-state index contributed by atoms with van der Waals surface area (Å²) in [5, 5.41) is 7.52. The standard InChI is InChI=1S/C23H26FN5O/c1-16-19(14-28(2)27-16)15-29-10-8-21(9-11-29)26-23(30)18-6-7-22(25-13-18)17-4-3-5-20(24)12-17/h3-7,12-14,21H,8-11,15H2,1-2H3,(H,26,30). The molecule has 3 heterocycles. The van der Waals surface area contributed by atoms with Gasteiger partial charge in [0, 0.05) is 56.2 Å². The van der Waals surface area contributed by atoms with E-state index in [1.54, 1.807) is 30.5 Å². The van der Waals surface area contributed by atoms with E-state index in [-0.39, 0.29) is 17.8 Å². The van der Waals surface area contributed by atoms with Gasteiger partial charge in [-0.15, -0.1) is 0 Å². The van der Waals surface area contributed by atoms with Gasteiger partial charge in [-0.2, -0.15) is 5.10 Å². The van der Waals surface area contributed by atoms with Gasteiger partial charge in [0.15, 0.2) is 0 Å². The molecular weight excluding hydrogens is 381 g/mol. The van der Waals surface area contributed by atoms with Crippen LogP contribution < -0.4 is 5.32 Å². The number of rotatable bonds is 5. The molecule has 7 heteroatoms. The van der Waals surface area contributed by atoms with Crippen molar-refractivity contribution in [3.8, 4) is 11.3 Å². The maximum Gasteiger partial charge on any atom is 0.253 e. The topological polar surface area (TPSA) is 63.1 Å². The van der Waals surface area contributed by atoms with E-state index in [0.29, 0.717) is 16.8 Å². The van der Waals surface area contributed by atoms with Gasteiger partial charge in [-0.1, -0.05) is 12.1 Å². The molecule has 3 aromatic rings. The maximum absolute atomic E-state index is 13.4. The minimum atomic E-state index is -0.304. The number of benzene rings is 1. The predicted octanol–water partition coefficient (Wildman–Crippen LogP) is 3.32. The van der Waals surface area contributed by atoms with E-state index >= 15 is 0 Å². The number of carbonyl (C=O) groups is 1. The fourth-order valence-electron chi connectivity index (χ4n) is 3.90. The monoisotopic (exact) mass is 407 g/mol. The Hall–Kier alpha value is -3.06. The van der Waals surface area contributed by atoms with Crippen LogP contribution in [-0.2, 0) is 13.6 Å². The second-order valence-corrected chi connectivity index (χ2v) is 7.88. The Bertz CT molecular complexity index is 1020. The van der Waals surface area contributed by atoms with Gasteiger partial charge in [-0.05, 0) is 44.0 Å². The third-order valence-corrected chi connectivity index (χ3v) is 5.58. The molecule has 0 spiro atoms. The molecule has 4 rings (SSSR count). The van der Waals surface area contributed by atoms with Crippen molar-refractivity contribution < 1.29 is 9.18 Å². The molecule has 0 atom stereocenters. The van der Waals surface area contributed by atoms with Crippen molar-refractivity contribution in [3.05, 3.63) is 71.4 Å². The maximum atomic E-state index is 13.4. The fourth-order valence-corrected chi connectivity index (χ4v) is 3.90. The summed E-state index contributed by atoms with van der Waals surface area (Å²) in [6.07, 6.45) is 5.46. The quantitative estimate of drug-likeness (QED) is 0.705. The van der Waals surface area contributed by atoms with Crippen LogP contribution in [0.15, 0.2) is 48.8 Å². The Morgan fingerprint density at radius 1 is 1.23 bits per heavy atom. The number of likely N-dealkylation sites (tertiary alicyclic amines) is 1. The van der Waals surface area contributed by atoms with Crippen molar-refractivity contribution >= 4 is 5.91 Å². The molecule has 2 aromatic heterocycles. The molecule has 0 unspecified atom stereocenters. The third kappa shape index (κ3) is 4.74. The van der Waals surface area contributed by atoms with Crippen LogP contribution in [0.4, 0.5) is 4.39 Å². The van der Waals surface area contributed by atoms with Crippen molar-refractivity contribution in [3.63, 3.8) is 0 Å². The molecule has 1 saturated heterocycles. The first kappa shape index (κ1) is 20.2. The summed E-state index contributed by atoms with van der Waals surface area (Å²) >= 11 is 0. The molecule has 1 aliphatic rings. The smallest absolute Gasteiger partial charge is 0.253 e. The lowest BCUT2D eigenvalue weighted by Gasteiger charge is -2.32. The minimum absolute atomic E-state index is 0.116. The number of piperidine rings is 1. The van der Waals surface area contributed by atoms with Gasteiger partial charge in [-0.25, -0.2) is 4.39 Å². The van der Waals surface area contributed by atoms with Crippen LogP contribution in [0.25, 0.3) is 11.3 Å². The average Bonchev–Trinajstić information content (AvgIpc) is 3.06. The molecule has 156 valence electrons. The normalized spacial score (nSPS) is 15.3. The average molecular weight is 407 g/mol. The number of nitrogens with zero attached hydrogens (tertiary/aromatic N) is 4. The lowest BCUT2D eigenvalue weighted by molar-refractivity contribution is 0.0908. The van der Waals surface area contributed by atoms with Gasteiger partial charge < -0.3 is 5.32 Å². The first-order chi connectivity index (χ1) is 14.5. The number of hydrogen-bond acceptors (Lipinski definition) is 4. The molecule has 30 heavy (non-hydrogen) atoms. The largest absolute Gasteiger partial charge is 0.349 e. The van der Waals surface area contributed by atoms with Gasteiger partial charge in [0.05, 0.1) is 17.0 Å². The van der Waals surface area contributed by atoms with Gasteiger partial charge in [0.1, 0.15) is 5.82 Å². The Morgan fingerprint density at radius 3 is 2.67 bits per heavy atom. The first-order valence-corrected chi connectivity index (χ1v) is 10.2. The van der Waals surface area contributed by atoms with Crippen LogP contribution in [0, 0.1) is 12.7 Å². The zero-order valence-corrected chi connectivity index (χ0v) is 17.3.